The van der Waals surface area contributed by atoms with Crippen molar-refractivity contribution in [3.05, 3.63) is 71.8 Å². The van der Waals surface area contributed by atoms with Gasteiger partial charge in [-0.3, -0.25) is 0 Å². The second kappa shape index (κ2) is 5.35. The Morgan fingerprint density at radius 1 is 0.957 bits per heavy atom. The number of benzene rings is 2. The Hall–Kier alpha value is -2.95. The zero-order chi connectivity index (χ0) is 15.7. The van der Waals surface area contributed by atoms with Gasteiger partial charge in [-0.15, -0.1) is 0 Å². The van der Waals surface area contributed by atoms with Gasteiger partial charge in [0.15, 0.2) is 0 Å². The van der Waals surface area contributed by atoms with E-state index in [0.717, 1.165) is 17.7 Å². The van der Waals surface area contributed by atoms with E-state index in [1.807, 2.05) is 36.4 Å². The summed E-state index contributed by atoms with van der Waals surface area (Å²) in [6, 6.07) is 20.4. The van der Waals surface area contributed by atoms with Crippen molar-refractivity contribution in [3.8, 4) is 0 Å². The average molecular weight is 304 g/mol. The van der Waals surface area contributed by atoms with Crippen LogP contribution in [-0.4, -0.2) is 16.0 Å². The summed E-state index contributed by atoms with van der Waals surface area (Å²) in [6.07, 6.45) is 0.721. The van der Waals surface area contributed by atoms with E-state index in [1.54, 1.807) is 0 Å². The van der Waals surface area contributed by atoms with Crippen molar-refractivity contribution in [2.24, 2.45) is 4.99 Å². The molecule has 5 heteroatoms. The third-order valence-corrected chi connectivity index (χ3v) is 4.15. The van der Waals surface area contributed by atoms with Gasteiger partial charge in [0.05, 0.1) is 11.3 Å². The molecule has 1 N–H and O–H groups in total. The quantitative estimate of drug-likeness (QED) is 0.779. The standard InChI is InChI=1S/C18H16N4O/c1-18(14-10-6-3-7-11-14)12-15(13-8-4-2-5-9-13)19-16-17(20-18)22-23-21-16/h2-11H,12H2,1H3,(H,20,22)/t18-/m0/s1. The number of aliphatic imine (C=N–C) groups is 1. The van der Waals surface area contributed by atoms with Gasteiger partial charge in [-0.1, -0.05) is 60.7 Å². The molecular formula is C18H16N4O. The molecule has 1 atom stereocenters. The lowest BCUT2D eigenvalue weighted by atomic mass is 9.85. The number of aromatic nitrogens is 2. The van der Waals surface area contributed by atoms with E-state index in [-0.39, 0.29) is 5.54 Å². The average Bonchev–Trinajstić information content (AvgIpc) is 2.96. The molecule has 0 saturated carbocycles. The smallest absolute Gasteiger partial charge is 0.241 e. The van der Waals surface area contributed by atoms with E-state index in [9.17, 15) is 0 Å². The van der Waals surface area contributed by atoms with Crippen LogP contribution < -0.4 is 5.32 Å². The van der Waals surface area contributed by atoms with Crippen LogP contribution in [0.1, 0.15) is 24.5 Å². The Kier molecular flexibility index (Phi) is 3.19. The van der Waals surface area contributed by atoms with Crippen LogP contribution in [0.5, 0.6) is 0 Å². The fourth-order valence-electron chi connectivity index (χ4n) is 2.92. The van der Waals surface area contributed by atoms with Gasteiger partial charge < -0.3 is 5.32 Å². The molecule has 0 saturated heterocycles. The molecule has 1 aromatic heterocycles. The van der Waals surface area contributed by atoms with Crippen molar-refractivity contribution in [2.75, 3.05) is 5.32 Å². The Balaban J connectivity index is 1.85. The monoisotopic (exact) mass is 304 g/mol. The van der Waals surface area contributed by atoms with Crippen molar-refractivity contribution >= 4 is 17.3 Å². The first-order chi connectivity index (χ1) is 11.2. The number of hydrogen-bond acceptors (Lipinski definition) is 5. The van der Waals surface area contributed by atoms with Gasteiger partial charge in [-0.05, 0) is 28.4 Å². The Morgan fingerprint density at radius 2 is 1.65 bits per heavy atom. The second-order valence-electron chi connectivity index (χ2n) is 5.86. The van der Waals surface area contributed by atoms with Crippen LogP contribution in [-0.2, 0) is 5.54 Å². The van der Waals surface area contributed by atoms with Gasteiger partial charge in [0.25, 0.3) is 0 Å². The maximum absolute atomic E-state index is 4.87. The summed E-state index contributed by atoms with van der Waals surface area (Å²) in [5, 5.41) is 11.3. The molecule has 0 spiro atoms. The minimum atomic E-state index is -0.347. The van der Waals surface area contributed by atoms with E-state index in [0.29, 0.717) is 11.6 Å². The zero-order valence-electron chi connectivity index (χ0n) is 12.7. The molecular weight excluding hydrogens is 288 g/mol. The van der Waals surface area contributed by atoms with Crippen LogP contribution in [0.2, 0.25) is 0 Å². The minimum absolute atomic E-state index is 0.347. The molecule has 2 aromatic carbocycles. The summed E-state index contributed by atoms with van der Waals surface area (Å²) < 4.78 is 4.87. The molecule has 2 heterocycles. The molecule has 0 unspecified atom stereocenters. The van der Waals surface area contributed by atoms with Gasteiger partial charge in [0.2, 0.25) is 11.6 Å². The molecule has 1 aliphatic heterocycles. The summed E-state index contributed by atoms with van der Waals surface area (Å²) >= 11 is 0. The van der Waals surface area contributed by atoms with Gasteiger partial charge >= 0.3 is 0 Å². The van der Waals surface area contributed by atoms with Gasteiger partial charge in [0, 0.05) is 6.42 Å². The predicted molar refractivity (Wildman–Crippen MR) is 89.0 cm³/mol. The van der Waals surface area contributed by atoms with Crippen LogP contribution >= 0.6 is 0 Å². The first kappa shape index (κ1) is 13.7. The van der Waals surface area contributed by atoms with Crippen LogP contribution in [0, 0.1) is 0 Å². The normalized spacial score (nSPS) is 20.1. The third kappa shape index (κ3) is 2.50. The number of hydrogen-bond donors (Lipinski definition) is 1. The molecule has 1 aliphatic rings. The van der Waals surface area contributed by atoms with Crippen molar-refractivity contribution in [1.82, 2.24) is 10.3 Å². The summed E-state index contributed by atoms with van der Waals surface area (Å²) in [7, 11) is 0. The lowest BCUT2D eigenvalue weighted by Gasteiger charge is -2.30. The Labute approximate surface area is 134 Å². The lowest BCUT2D eigenvalue weighted by molar-refractivity contribution is 0.308. The number of rotatable bonds is 2. The largest absolute Gasteiger partial charge is 0.354 e. The fourth-order valence-corrected chi connectivity index (χ4v) is 2.92. The summed E-state index contributed by atoms with van der Waals surface area (Å²) in [6.45, 7) is 2.14. The summed E-state index contributed by atoms with van der Waals surface area (Å²) in [5.74, 6) is 1.06. The summed E-state index contributed by atoms with van der Waals surface area (Å²) in [4.78, 5) is 4.68. The predicted octanol–water partition coefficient (Wildman–Crippen LogP) is 3.92. The van der Waals surface area contributed by atoms with Crippen molar-refractivity contribution in [2.45, 2.75) is 18.9 Å². The highest BCUT2D eigenvalue weighted by molar-refractivity contribution is 6.03. The van der Waals surface area contributed by atoms with Gasteiger partial charge in [-0.2, -0.15) is 0 Å². The molecule has 4 rings (SSSR count). The van der Waals surface area contributed by atoms with Crippen molar-refractivity contribution < 1.29 is 4.63 Å². The number of nitrogens with zero attached hydrogens (tertiary/aromatic N) is 3. The Bertz CT molecular complexity index is 842. The van der Waals surface area contributed by atoms with E-state index in [2.05, 4.69) is 51.8 Å². The van der Waals surface area contributed by atoms with Gasteiger partial charge in [-0.25, -0.2) is 9.62 Å². The molecule has 0 bridgehead atoms. The van der Waals surface area contributed by atoms with Crippen molar-refractivity contribution in [1.29, 1.82) is 0 Å². The molecule has 3 aromatic rings. The first-order valence-corrected chi connectivity index (χ1v) is 7.54. The highest BCUT2D eigenvalue weighted by atomic mass is 16.6. The van der Waals surface area contributed by atoms with E-state index < -0.39 is 0 Å². The number of fused-ring (bicyclic) bond motifs is 1. The van der Waals surface area contributed by atoms with Crippen LogP contribution in [0.3, 0.4) is 0 Å². The van der Waals surface area contributed by atoms with Crippen LogP contribution in [0.4, 0.5) is 11.6 Å². The van der Waals surface area contributed by atoms with Crippen molar-refractivity contribution in [3.63, 3.8) is 0 Å². The number of anilines is 1. The molecule has 0 radical (unpaired) electrons. The zero-order valence-corrected chi connectivity index (χ0v) is 12.7. The fraction of sp³-hybridized carbons (Fsp3) is 0.167. The second-order valence-corrected chi connectivity index (χ2v) is 5.86. The lowest BCUT2D eigenvalue weighted by Crippen LogP contribution is -2.34. The van der Waals surface area contributed by atoms with E-state index in [1.165, 1.54) is 5.56 Å². The highest BCUT2D eigenvalue weighted by Gasteiger charge is 2.33. The van der Waals surface area contributed by atoms with Crippen LogP contribution in [0.25, 0.3) is 0 Å². The Morgan fingerprint density at radius 3 is 2.39 bits per heavy atom. The highest BCUT2D eigenvalue weighted by Crippen LogP contribution is 2.37. The molecule has 114 valence electrons. The molecule has 5 nitrogen and oxygen atoms in total. The summed E-state index contributed by atoms with van der Waals surface area (Å²) in [5.41, 5.74) is 2.85. The molecule has 0 amide bonds. The maximum Gasteiger partial charge on any atom is 0.241 e. The van der Waals surface area contributed by atoms with E-state index in [4.69, 9.17) is 4.63 Å². The molecule has 0 aliphatic carbocycles. The van der Waals surface area contributed by atoms with E-state index >= 15 is 0 Å². The van der Waals surface area contributed by atoms with Crippen LogP contribution in [0.15, 0.2) is 70.3 Å². The van der Waals surface area contributed by atoms with Gasteiger partial charge in [0.1, 0.15) is 0 Å². The maximum atomic E-state index is 4.87. The topological polar surface area (TPSA) is 63.3 Å². The molecule has 0 fully saturated rings. The molecule has 23 heavy (non-hydrogen) atoms. The SMILES string of the molecule is C[C@@]1(c2ccccc2)CC(c2ccccc2)=Nc2nonc2N1. The minimum Gasteiger partial charge on any atom is -0.354 e. The third-order valence-electron chi connectivity index (χ3n) is 4.15. The first-order valence-electron chi connectivity index (χ1n) is 7.54. The number of nitrogens with one attached hydrogen (secondary N) is 1.